The topological polar surface area (TPSA) is 25.8 Å². The number of nitrogens with zero attached hydrogens (tertiary/aromatic N) is 2. The van der Waals surface area contributed by atoms with E-state index in [1.165, 1.54) is 71.8 Å². The first-order chi connectivity index (χ1) is 32.7. The van der Waals surface area contributed by atoms with Gasteiger partial charge >= 0.3 is 0 Å². The summed E-state index contributed by atoms with van der Waals surface area (Å²) in [6, 6.07) is 91.5. The van der Waals surface area contributed by atoms with Crippen LogP contribution >= 0.6 is 0 Å². The Labute approximate surface area is 384 Å². The Morgan fingerprint density at radius 1 is 0.212 bits per heavy atom. The Kier molecular flexibility index (Phi) is 9.89. The number of hydrogen-bond donors (Lipinski definition) is 0. The van der Waals surface area contributed by atoms with Gasteiger partial charge in [0.1, 0.15) is 0 Å². The van der Waals surface area contributed by atoms with Gasteiger partial charge in [-0.25, -0.2) is 9.97 Å². The summed E-state index contributed by atoms with van der Waals surface area (Å²) >= 11 is 0. The Morgan fingerprint density at radius 2 is 0.606 bits per heavy atom. The molecule has 0 N–H and O–H groups in total. The minimum absolute atomic E-state index is 0.711. The third-order valence-electron chi connectivity index (χ3n) is 12.8. The van der Waals surface area contributed by atoms with E-state index in [9.17, 15) is 0 Å². The maximum atomic E-state index is 5.33. The Balaban J connectivity index is 0.860. The van der Waals surface area contributed by atoms with Crippen molar-refractivity contribution < 1.29 is 0 Å². The third kappa shape index (κ3) is 7.51. The van der Waals surface area contributed by atoms with Crippen LogP contribution in [0.1, 0.15) is 0 Å². The summed E-state index contributed by atoms with van der Waals surface area (Å²) in [6.45, 7) is 0. The van der Waals surface area contributed by atoms with Gasteiger partial charge in [0.05, 0.1) is 11.2 Å². The predicted octanol–water partition coefficient (Wildman–Crippen LogP) is 17.3. The Morgan fingerprint density at radius 3 is 1.20 bits per heavy atom. The molecule has 0 aliphatic rings. The minimum Gasteiger partial charge on any atom is -0.228 e. The van der Waals surface area contributed by atoms with Crippen molar-refractivity contribution in [2.24, 2.45) is 0 Å². The molecule has 0 radical (unpaired) electrons. The Bertz CT molecular complexity index is 3680. The molecule has 0 saturated heterocycles. The summed E-state index contributed by atoms with van der Waals surface area (Å²) in [5.74, 6) is 0.711. The van der Waals surface area contributed by atoms with Gasteiger partial charge in [-0.05, 0) is 137 Å². The van der Waals surface area contributed by atoms with Crippen molar-refractivity contribution in [3.05, 3.63) is 255 Å². The summed E-state index contributed by atoms with van der Waals surface area (Å²) in [7, 11) is 0. The van der Waals surface area contributed by atoms with Gasteiger partial charge in [-0.15, -0.1) is 0 Å². The highest BCUT2D eigenvalue weighted by Gasteiger charge is 2.16. The molecule has 12 aromatic rings. The molecule has 0 unspecified atom stereocenters. The van der Waals surface area contributed by atoms with E-state index in [0.29, 0.717) is 5.82 Å². The highest BCUT2D eigenvalue weighted by Crippen LogP contribution is 2.38. The Hall–Kier alpha value is -8.72. The van der Waals surface area contributed by atoms with Crippen LogP contribution in [0.3, 0.4) is 0 Å². The van der Waals surface area contributed by atoms with Crippen LogP contribution < -0.4 is 0 Å². The largest absolute Gasteiger partial charge is 0.228 e. The SMILES string of the molecule is c1ccc(-c2cc(-c3ccccc3)cc(-c3cccc(-c4cccc(-c5cccc(-c6ccc(-c7nc(-c8ccc9ccccc9c8)c8c(ccc9ccccc98)n7)cc6)c5)c4)c3)c2)cc1. The van der Waals surface area contributed by atoms with Crippen molar-refractivity contribution >= 4 is 32.4 Å². The van der Waals surface area contributed by atoms with E-state index in [4.69, 9.17) is 9.97 Å². The van der Waals surface area contributed by atoms with Crippen molar-refractivity contribution in [2.75, 3.05) is 0 Å². The van der Waals surface area contributed by atoms with Crippen molar-refractivity contribution in [3.63, 3.8) is 0 Å². The summed E-state index contributed by atoms with van der Waals surface area (Å²) < 4.78 is 0. The molecule has 11 aromatic carbocycles. The van der Waals surface area contributed by atoms with E-state index in [1.807, 2.05) is 0 Å². The standard InChI is InChI=1S/C64H42N2/c1-3-14-43(15-4-1)57-40-58(44-16-5-2-6-17-44)42-59(41-57)55-26-13-25-54(38-55)53-24-12-23-52(37-53)51-22-11-21-50(36-51)46-28-31-48(32-29-46)64-65-61-35-34-47-19-9-10-27-60(47)62(61)63(66-64)56-33-30-45-18-7-8-20-49(45)39-56/h1-42H. The molecule has 66 heavy (non-hydrogen) atoms. The van der Waals surface area contributed by atoms with Crippen LogP contribution in [0.2, 0.25) is 0 Å². The lowest BCUT2D eigenvalue weighted by molar-refractivity contribution is 1.23. The highest BCUT2D eigenvalue weighted by molar-refractivity contribution is 6.13. The molecule has 308 valence electrons. The van der Waals surface area contributed by atoms with Crippen LogP contribution in [0.15, 0.2) is 255 Å². The van der Waals surface area contributed by atoms with Crippen molar-refractivity contribution in [1.29, 1.82) is 0 Å². The van der Waals surface area contributed by atoms with Crippen molar-refractivity contribution in [1.82, 2.24) is 9.97 Å². The maximum Gasteiger partial charge on any atom is 0.160 e. The molecule has 1 heterocycles. The van der Waals surface area contributed by atoms with Crippen molar-refractivity contribution in [3.8, 4) is 89.4 Å². The molecule has 12 rings (SSSR count). The lowest BCUT2D eigenvalue weighted by Crippen LogP contribution is -1.96. The molecule has 0 amide bonds. The summed E-state index contributed by atoms with van der Waals surface area (Å²) in [4.78, 5) is 10.5. The van der Waals surface area contributed by atoms with Gasteiger partial charge in [0, 0.05) is 16.5 Å². The first-order valence-electron chi connectivity index (χ1n) is 22.5. The monoisotopic (exact) mass is 838 g/mol. The number of rotatable bonds is 8. The number of hydrogen-bond acceptors (Lipinski definition) is 2. The molecule has 0 spiro atoms. The second-order valence-electron chi connectivity index (χ2n) is 17.0. The van der Waals surface area contributed by atoms with Gasteiger partial charge in [-0.3, -0.25) is 0 Å². The van der Waals surface area contributed by atoms with Gasteiger partial charge in [0.2, 0.25) is 0 Å². The first kappa shape index (κ1) is 38.9. The van der Waals surface area contributed by atoms with Crippen molar-refractivity contribution in [2.45, 2.75) is 0 Å². The molecule has 0 bridgehead atoms. The zero-order valence-corrected chi connectivity index (χ0v) is 36.1. The van der Waals surface area contributed by atoms with E-state index < -0.39 is 0 Å². The zero-order chi connectivity index (χ0) is 43.8. The zero-order valence-electron chi connectivity index (χ0n) is 36.1. The maximum absolute atomic E-state index is 5.33. The average molecular weight is 839 g/mol. The highest BCUT2D eigenvalue weighted by atomic mass is 14.9. The predicted molar refractivity (Wildman–Crippen MR) is 278 cm³/mol. The molecule has 0 saturated carbocycles. The normalized spacial score (nSPS) is 11.3. The fraction of sp³-hybridized carbons (Fsp3) is 0. The molecule has 2 nitrogen and oxygen atoms in total. The summed E-state index contributed by atoms with van der Waals surface area (Å²) in [5.41, 5.74) is 18.1. The minimum atomic E-state index is 0.711. The van der Waals surface area contributed by atoms with E-state index in [0.717, 1.165) is 44.2 Å². The quantitative estimate of drug-likeness (QED) is 0.143. The van der Waals surface area contributed by atoms with E-state index >= 15 is 0 Å². The van der Waals surface area contributed by atoms with Gasteiger partial charge in [0.15, 0.2) is 5.82 Å². The second kappa shape index (κ2) is 16.8. The molecule has 1 aromatic heterocycles. The molecular weight excluding hydrogens is 797 g/mol. The van der Waals surface area contributed by atoms with Gasteiger partial charge in [-0.2, -0.15) is 0 Å². The van der Waals surface area contributed by atoms with E-state index in [1.54, 1.807) is 0 Å². The average Bonchev–Trinajstić information content (AvgIpc) is 3.41. The fourth-order valence-corrected chi connectivity index (χ4v) is 9.41. The summed E-state index contributed by atoms with van der Waals surface area (Å²) in [6.07, 6.45) is 0. The van der Waals surface area contributed by atoms with Crippen LogP contribution in [0.4, 0.5) is 0 Å². The third-order valence-corrected chi connectivity index (χ3v) is 12.8. The molecule has 0 atom stereocenters. The van der Waals surface area contributed by atoms with Gasteiger partial charge in [0.25, 0.3) is 0 Å². The van der Waals surface area contributed by atoms with Gasteiger partial charge < -0.3 is 0 Å². The number of fused-ring (bicyclic) bond motifs is 4. The van der Waals surface area contributed by atoms with Crippen LogP contribution in [0.5, 0.6) is 0 Å². The fourth-order valence-electron chi connectivity index (χ4n) is 9.41. The molecule has 0 aliphatic carbocycles. The van der Waals surface area contributed by atoms with E-state index in [-0.39, 0.29) is 0 Å². The molecule has 0 fully saturated rings. The lowest BCUT2D eigenvalue weighted by atomic mass is 9.91. The lowest BCUT2D eigenvalue weighted by Gasteiger charge is -2.13. The smallest absolute Gasteiger partial charge is 0.160 e. The molecular formula is C64H42N2. The molecule has 0 aliphatic heterocycles. The summed E-state index contributed by atoms with van der Waals surface area (Å²) in [5, 5.41) is 5.80. The van der Waals surface area contributed by atoms with Gasteiger partial charge in [-0.1, -0.05) is 206 Å². The number of aromatic nitrogens is 2. The number of benzene rings is 11. The van der Waals surface area contributed by atoms with Crippen LogP contribution in [-0.2, 0) is 0 Å². The van der Waals surface area contributed by atoms with Crippen LogP contribution in [-0.4, -0.2) is 9.97 Å². The second-order valence-corrected chi connectivity index (χ2v) is 17.0. The molecule has 2 heteroatoms. The first-order valence-corrected chi connectivity index (χ1v) is 22.5. The van der Waals surface area contributed by atoms with Crippen LogP contribution in [0, 0.1) is 0 Å². The van der Waals surface area contributed by atoms with Crippen LogP contribution in [0.25, 0.3) is 122 Å². The van der Waals surface area contributed by atoms with E-state index in [2.05, 4.69) is 255 Å².